The molecule has 3 aromatic carbocycles. The van der Waals surface area contributed by atoms with Crippen molar-refractivity contribution in [1.29, 1.82) is 0 Å². The molecule has 0 saturated carbocycles. The van der Waals surface area contributed by atoms with Crippen molar-refractivity contribution >= 4 is 27.4 Å². The highest BCUT2D eigenvalue weighted by Crippen LogP contribution is 2.27. The number of hydrogen-bond acceptors (Lipinski definition) is 5. The Morgan fingerprint density at radius 3 is 2.26 bits per heavy atom. The van der Waals surface area contributed by atoms with E-state index in [0.717, 1.165) is 17.2 Å². The van der Waals surface area contributed by atoms with Gasteiger partial charge in [-0.15, -0.1) is 0 Å². The van der Waals surface area contributed by atoms with Gasteiger partial charge in [0.15, 0.2) is 4.90 Å². The van der Waals surface area contributed by atoms with Gasteiger partial charge in [-0.1, -0.05) is 42.5 Å². The average Bonchev–Trinajstić information content (AvgIpc) is 2.75. The number of nitro benzene ring substituents is 1. The molecule has 0 aliphatic rings. The van der Waals surface area contributed by atoms with Gasteiger partial charge in [0, 0.05) is 6.07 Å². The summed E-state index contributed by atoms with van der Waals surface area (Å²) in [5.74, 6) is -0.980. The van der Waals surface area contributed by atoms with Crippen LogP contribution in [0.4, 0.5) is 11.4 Å². The Morgan fingerprint density at radius 1 is 0.935 bits per heavy atom. The van der Waals surface area contributed by atoms with Gasteiger partial charge in [-0.05, 0) is 54.7 Å². The summed E-state index contributed by atoms with van der Waals surface area (Å²) >= 11 is 0. The number of rotatable bonds is 9. The molecule has 0 aliphatic heterocycles. The molecule has 0 unspecified atom stereocenters. The van der Waals surface area contributed by atoms with Crippen molar-refractivity contribution in [3.05, 3.63) is 99.6 Å². The zero-order chi connectivity index (χ0) is 22.4. The van der Waals surface area contributed by atoms with E-state index in [2.05, 4.69) is 4.72 Å². The molecule has 0 radical (unpaired) electrons. The van der Waals surface area contributed by atoms with Gasteiger partial charge >= 0.3 is 5.97 Å². The van der Waals surface area contributed by atoms with Crippen LogP contribution in [0.5, 0.6) is 0 Å². The first-order chi connectivity index (χ1) is 14.8. The molecule has 0 saturated heterocycles. The molecule has 0 fully saturated rings. The number of carboxylic acids is 1. The van der Waals surface area contributed by atoms with Gasteiger partial charge in [-0.2, -0.15) is 0 Å². The Kier molecular flexibility index (Phi) is 6.66. The fourth-order valence-electron chi connectivity index (χ4n) is 3.17. The maximum Gasteiger partial charge on any atom is 0.335 e. The fraction of sp³-hybridized carbons (Fsp3) is 0.136. The Bertz CT molecular complexity index is 1210. The van der Waals surface area contributed by atoms with E-state index in [1.807, 2.05) is 0 Å². The topological polar surface area (TPSA) is 127 Å². The van der Waals surface area contributed by atoms with Crippen LogP contribution >= 0.6 is 0 Å². The van der Waals surface area contributed by atoms with Crippen molar-refractivity contribution in [3.8, 4) is 0 Å². The van der Waals surface area contributed by atoms with Gasteiger partial charge in [0.2, 0.25) is 0 Å². The van der Waals surface area contributed by atoms with Crippen molar-refractivity contribution in [2.75, 3.05) is 4.72 Å². The van der Waals surface area contributed by atoms with Crippen molar-refractivity contribution in [3.63, 3.8) is 0 Å². The second-order valence-corrected chi connectivity index (χ2v) is 8.49. The number of hydrogen-bond donors (Lipinski definition) is 2. The van der Waals surface area contributed by atoms with Gasteiger partial charge < -0.3 is 5.11 Å². The number of carboxylic acid groups (broad SMARTS) is 1. The summed E-state index contributed by atoms with van der Waals surface area (Å²) in [5.41, 5.74) is 1.83. The first-order valence-electron chi connectivity index (χ1n) is 9.44. The van der Waals surface area contributed by atoms with Crippen LogP contribution in [0.3, 0.4) is 0 Å². The van der Waals surface area contributed by atoms with E-state index in [1.165, 1.54) is 18.2 Å². The number of nitro groups is 1. The smallest absolute Gasteiger partial charge is 0.335 e. The lowest BCUT2D eigenvalue weighted by atomic mass is 10.0. The van der Waals surface area contributed by atoms with E-state index in [4.69, 9.17) is 5.11 Å². The van der Waals surface area contributed by atoms with Crippen LogP contribution in [0, 0.1) is 10.1 Å². The molecule has 8 nitrogen and oxygen atoms in total. The molecule has 3 aromatic rings. The van der Waals surface area contributed by atoms with Gasteiger partial charge in [-0.25, -0.2) is 13.2 Å². The number of nitrogens with zero attached hydrogens (tertiary/aromatic N) is 1. The van der Waals surface area contributed by atoms with Gasteiger partial charge in [0.1, 0.15) is 0 Å². The molecule has 2 N–H and O–H groups in total. The predicted molar refractivity (Wildman–Crippen MR) is 116 cm³/mol. The highest BCUT2D eigenvalue weighted by molar-refractivity contribution is 7.92. The molecular formula is C22H20N2O6S. The van der Waals surface area contributed by atoms with Gasteiger partial charge in [0.05, 0.1) is 16.2 Å². The zero-order valence-corrected chi connectivity index (χ0v) is 17.2. The van der Waals surface area contributed by atoms with Crippen molar-refractivity contribution < 1.29 is 23.2 Å². The van der Waals surface area contributed by atoms with Crippen LogP contribution < -0.4 is 4.72 Å². The molecule has 0 amide bonds. The summed E-state index contributed by atoms with van der Waals surface area (Å²) in [4.78, 5) is 21.0. The molecular weight excluding hydrogens is 420 g/mol. The Hall–Kier alpha value is -3.72. The van der Waals surface area contributed by atoms with Crippen LogP contribution in [0.2, 0.25) is 0 Å². The lowest BCUT2D eigenvalue weighted by molar-refractivity contribution is -0.387. The second kappa shape index (κ2) is 9.40. The van der Waals surface area contributed by atoms with E-state index in [0.29, 0.717) is 24.9 Å². The second-order valence-electron chi connectivity index (χ2n) is 6.84. The first-order valence-corrected chi connectivity index (χ1v) is 10.9. The normalized spacial score (nSPS) is 11.1. The average molecular weight is 440 g/mol. The predicted octanol–water partition coefficient (Wildman–Crippen LogP) is 4.27. The molecule has 0 heterocycles. The van der Waals surface area contributed by atoms with Crippen molar-refractivity contribution in [2.45, 2.75) is 24.2 Å². The number of anilines is 1. The zero-order valence-electron chi connectivity index (χ0n) is 16.4. The maximum atomic E-state index is 12.8. The molecule has 0 bridgehead atoms. The lowest BCUT2D eigenvalue weighted by Gasteiger charge is -2.13. The number of sulfonamides is 1. The van der Waals surface area contributed by atoms with Crippen molar-refractivity contribution in [1.82, 2.24) is 0 Å². The minimum Gasteiger partial charge on any atom is -0.478 e. The molecule has 0 aromatic heterocycles. The molecule has 160 valence electrons. The van der Waals surface area contributed by atoms with Crippen molar-refractivity contribution in [2.24, 2.45) is 0 Å². The quantitative estimate of drug-likeness (QED) is 0.378. The summed E-state index contributed by atoms with van der Waals surface area (Å²) < 4.78 is 28.1. The number of benzene rings is 3. The van der Waals surface area contributed by atoms with Crippen LogP contribution in [0.25, 0.3) is 0 Å². The first kappa shape index (κ1) is 22.0. The number of para-hydroxylation sites is 2. The monoisotopic (exact) mass is 440 g/mol. The number of aromatic carboxylic acids is 1. The minimum atomic E-state index is -4.15. The summed E-state index contributed by atoms with van der Waals surface area (Å²) in [6.07, 6.45) is 1.96. The standard InChI is InChI=1S/C22H20N2O6S/c25-22(26)18-14-12-16(13-15-18)6-5-8-17-7-1-2-9-19(17)23-31(29,30)21-11-4-3-10-20(21)24(27)28/h1-4,7,9-15,23H,5-6,8H2,(H,25,26). The van der Waals surface area contributed by atoms with E-state index in [-0.39, 0.29) is 5.56 Å². The number of carbonyl (C=O) groups is 1. The largest absolute Gasteiger partial charge is 0.478 e. The summed E-state index contributed by atoms with van der Waals surface area (Å²) in [5, 5.41) is 20.2. The third-order valence-electron chi connectivity index (χ3n) is 4.73. The summed E-state index contributed by atoms with van der Waals surface area (Å²) in [6.45, 7) is 0. The van der Waals surface area contributed by atoms with Gasteiger partial charge in [0.25, 0.3) is 15.7 Å². The summed E-state index contributed by atoms with van der Waals surface area (Å²) in [6, 6.07) is 18.7. The Balaban J connectivity index is 1.73. The van der Waals surface area contributed by atoms with Crippen LogP contribution in [-0.2, 0) is 22.9 Å². The third kappa shape index (κ3) is 5.46. The Labute approximate surface area is 179 Å². The van der Waals surface area contributed by atoms with E-state index in [9.17, 15) is 23.3 Å². The third-order valence-corrected chi connectivity index (χ3v) is 6.14. The molecule has 31 heavy (non-hydrogen) atoms. The molecule has 0 atom stereocenters. The maximum absolute atomic E-state index is 12.8. The number of nitrogens with one attached hydrogen (secondary N) is 1. The Morgan fingerprint density at radius 2 is 1.58 bits per heavy atom. The molecule has 0 aliphatic carbocycles. The van der Waals surface area contributed by atoms with E-state index < -0.39 is 31.5 Å². The van der Waals surface area contributed by atoms with Crippen LogP contribution in [-0.4, -0.2) is 24.4 Å². The fourth-order valence-corrected chi connectivity index (χ4v) is 4.44. The molecule has 3 rings (SSSR count). The highest BCUT2D eigenvalue weighted by atomic mass is 32.2. The lowest BCUT2D eigenvalue weighted by Crippen LogP contribution is -2.15. The summed E-state index contributed by atoms with van der Waals surface area (Å²) in [7, 11) is -4.15. The van der Waals surface area contributed by atoms with E-state index in [1.54, 1.807) is 48.5 Å². The van der Waals surface area contributed by atoms with Crippen LogP contribution in [0.1, 0.15) is 27.9 Å². The molecule has 9 heteroatoms. The van der Waals surface area contributed by atoms with Gasteiger partial charge in [-0.3, -0.25) is 14.8 Å². The number of aryl methyl sites for hydroxylation is 2. The molecule has 0 spiro atoms. The minimum absolute atomic E-state index is 0.221. The van der Waals surface area contributed by atoms with Crippen LogP contribution in [0.15, 0.2) is 77.7 Å². The van der Waals surface area contributed by atoms with E-state index >= 15 is 0 Å². The SMILES string of the molecule is O=C(O)c1ccc(CCCc2ccccc2NS(=O)(=O)c2ccccc2[N+](=O)[O-])cc1. The highest BCUT2D eigenvalue weighted by Gasteiger charge is 2.25.